The molecule has 0 aliphatic carbocycles. The monoisotopic (exact) mass is 371 g/mol. The summed E-state index contributed by atoms with van der Waals surface area (Å²) in [5, 5.41) is 35.9. The van der Waals surface area contributed by atoms with Gasteiger partial charge in [-0.05, 0) is 19.0 Å². The van der Waals surface area contributed by atoms with E-state index in [4.69, 9.17) is 16.2 Å². The molecule has 0 radical (unpaired) electrons. The van der Waals surface area contributed by atoms with Gasteiger partial charge >= 0.3 is 5.97 Å². The molecule has 0 aromatic carbocycles. The molecule has 1 amide bonds. The second kappa shape index (κ2) is 8.34. The lowest BCUT2D eigenvalue weighted by Crippen LogP contribution is -2.61. The predicted molar refractivity (Wildman–Crippen MR) is 90.8 cm³/mol. The van der Waals surface area contributed by atoms with Crippen molar-refractivity contribution < 1.29 is 29.6 Å². The molecule has 0 saturated carbocycles. The zero-order valence-electron chi connectivity index (χ0n) is 14.3. The minimum atomic E-state index is -1.36. The number of nitrogens with zero attached hydrogens (tertiary/aromatic N) is 1. The largest absolute Gasteiger partial charge is 0.478 e. The zero-order chi connectivity index (χ0) is 19.4. The molecule has 6 atom stereocenters. The summed E-state index contributed by atoms with van der Waals surface area (Å²) in [5.74, 6) is -3.15. The first-order valence-corrected chi connectivity index (χ1v) is 8.25. The number of carboxylic acids is 1. The van der Waals surface area contributed by atoms with E-state index in [1.54, 1.807) is 0 Å². The first-order chi connectivity index (χ1) is 12.2. The molecule has 1 fully saturated rings. The van der Waals surface area contributed by atoms with Crippen LogP contribution in [0.4, 0.5) is 0 Å². The van der Waals surface area contributed by atoms with Crippen LogP contribution in [0.2, 0.25) is 0 Å². The molecule has 11 nitrogen and oxygen atoms in total. The zero-order valence-corrected chi connectivity index (χ0v) is 14.3. The van der Waals surface area contributed by atoms with Crippen molar-refractivity contribution in [2.45, 2.75) is 43.7 Å². The van der Waals surface area contributed by atoms with Crippen molar-refractivity contribution >= 4 is 17.8 Å². The summed E-state index contributed by atoms with van der Waals surface area (Å²) in [6.07, 6.45) is -1.63. The van der Waals surface area contributed by atoms with Crippen molar-refractivity contribution in [1.29, 1.82) is 0 Å². The fourth-order valence-electron chi connectivity index (χ4n) is 3.27. The standard InChI is InChI=1S/C15H25N5O6/c1-6(21)19-11-8(20-15(16)17)4-10(14(24)25)26-13(11)12(23)7-5-18-3-2-9(7)22/h4,7-9,11-13,18,22-23H,2-3,5H2,1H3,(H,19,21)(H,24,25)(H4,16,17,20)/t7?,8-,9?,11+,12?,13?/m0/s1. The van der Waals surface area contributed by atoms with E-state index in [-0.39, 0.29) is 5.96 Å². The minimum absolute atomic E-state index is 0.305. The number of hydrogen-bond acceptors (Lipinski definition) is 7. The van der Waals surface area contributed by atoms with E-state index in [0.29, 0.717) is 19.5 Å². The molecule has 2 rings (SSSR count). The number of carbonyl (C=O) groups is 2. The van der Waals surface area contributed by atoms with Gasteiger partial charge in [-0.2, -0.15) is 0 Å². The molecule has 2 aliphatic rings. The second-order valence-electron chi connectivity index (χ2n) is 6.40. The summed E-state index contributed by atoms with van der Waals surface area (Å²) in [4.78, 5) is 26.9. The average Bonchev–Trinajstić information content (AvgIpc) is 2.55. The van der Waals surface area contributed by atoms with Crippen LogP contribution in [0.25, 0.3) is 0 Å². The summed E-state index contributed by atoms with van der Waals surface area (Å²) < 4.78 is 5.44. The lowest BCUT2D eigenvalue weighted by Gasteiger charge is -2.42. The highest BCUT2D eigenvalue weighted by molar-refractivity contribution is 5.85. The Labute approximate surface area is 150 Å². The quantitative estimate of drug-likeness (QED) is 0.193. The van der Waals surface area contributed by atoms with Crippen LogP contribution in [-0.4, -0.2) is 76.6 Å². The topological polar surface area (TPSA) is 193 Å². The van der Waals surface area contributed by atoms with Gasteiger partial charge in [-0.1, -0.05) is 0 Å². The fourth-order valence-corrected chi connectivity index (χ4v) is 3.27. The maximum atomic E-state index is 11.6. The van der Waals surface area contributed by atoms with Crippen molar-refractivity contribution in [1.82, 2.24) is 10.6 Å². The van der Waals surface area contributed by atoms with Gasteiger partial charge in [0.25, 0.3) is 0 Å². The molecule has 9 N–H and O–H groups in total. The number of piperidine rings is 1. The van der Waals surface area contributed by atoms with Crippen molar-refractivity contribution in [3.63, 3.8) is 0 Å². The summed E-state index contributed by atoms with van der Waals surface area (Å²) in [6, 6.07) is -1.86. The molecule has 0 aromatic rings. The van der Waals surface area contributed by atoms with Crippen LogP contribution in [0.1, 0.15) is 13.3 Å². The lowest BCUT2D eigenvalue weighted by molar-refractivity contribution is -0.144. The SMILES string of the molecule is CC(=O)N[C@H]1C(C(O)C2CNCCC2O)OC(C(=O)O)=C[C@@H]1N=C(N)N. The van der Waals surface area contributed by atoms with Gasteiger partial charge in [-0.25, -0.2) is 9.79 Å². The number of guanidine groups is 1. The van der Waals surface area contributed by atoms with Crippen molar-refractivity contribution in [3.05, 3.63) is 11.8 Å². The molecule has 146 valence electrons. The van der Waals surface area contributed by atoms with Crippen LogP contribution in [-0.2, 0) is 14.3 Å². The van der Waals surface area contributed by atoms with Gasteiger partial charge in [0, 0.05) is 19.4 Å². The van der Waals surface area contributed by atoms with Gasteiger partial charge in [0.1, 0.15) is 6.10 Å². The first-order valence-electron chi connectivity index (χ1n) is 8.25. The maximum Gasteiger partial charge on any atom is 0.370 e. The Hall–Kier alpha value is -2.37. The Morgan fingerprint density at radius 3 is 2.69 bits per heavy atom. The molecule has 0 aromatic heterocycles. The van der Waals surface area contributed by atoms with Gasteiger partial charge in [-0.3, -0.25) is 4.79 Å². The van der Waals surface area contributed by atoms with Crippen LogP contribution in [0.3, 0.4) is 0 Å². The number of carbonyl (C=O) groups excluding carboxylic acids is 1. The Balaban J connectivity index is 2.38. The normalized spacial score (nSPS) is 32.6. The highest BCUT2D eigenvalue weighted by Gasteiger charge is 2.45. The van der Waals surface area contributed by atoms with Crippen LogP contribution in [0, 0.1) is 5.92 Å². The van der Waals surface area contributed by atoms with Gasteiger partial charge in [0.15, 0.2) is 5.96 Å². The molecule has 11 heteroatoms. The number of aliphatic imine (C=N–C) groups is 1. The van der Waals surface area contributed by atoms with Gasteiger partial charge < -0.3 is 42.2 Å². The Bertz CT molecular complexity index is 605. The third kappa shape index (κ3) is 4.62. The predicted octanol–water partition coefficient (Wildman–Crippen LogP) is -3.17. The third-order valence-corrected chi connectivity index (χ3v) is 4.45. The van der Waals surface area contributed by atoms with Crippen LogP contribution >= 0.6 is 0 Å². The number of aliphatic hydroxyl groups is 2. The number of carboxylic acid groups (broad SMARTS) is 1. The number of hydrogen-bond donors (Lipinski definition) is 7. The highest BCUT2D eigenvalue weighted by atomic mass is 16.5. The summed E-state index contributed by atoms with van der Waals surface area (Å²) in [6.45, 7) is 2.18. The van der Waals surface area contributed by atoms with Gasteiger partial charge in [0.05, 0.1) is 24.3 Å². The van der Waals surface area contributed by atoms with E-state index < -0.39 is 53.9 Å². The molecule has 1 saturated heterocycles. The molecule has 4 unspecified atom stereocenters. The van der Waals surface area contributed by atoms with E-state index in [1.807, 2.05) is 0 Å². The lowest BCUT2D eigenvalue weighted by atomic mass is 9.83. The second-order valence-corrected chi connectivity index (χ2v) is 6.40. The number of ether oxygens (including phenoxy) is 1. The van der Waals surface area contributed by atoms with Crippen molar-refractivity contribution in [2.75, 3.05) is 13.1 Å². The van der Waals surface area contributed by atoms with Crippen LogP contribution < -0.4 is 22.1 Å². The molecule has 26 heavy (non-hydrogen) atoms. The molecule has 0 spiro atoms. The number of nitrogens with one attached hydrogen (secondary N) is 2. The first kappa shape index (κ1) is 19.9. The Kier molecular flexibility index (Phi) is 6.40. The number of nitrogens with two attached hydrogens (primary N) is 2. The van der Waals surface area contributed by atoms with E-state index in [0.717, 1.165) is 0 Å². The van der Waals surface area contributed by atoms with Crippen molar-refractivity contribution in [2.24, 2.45) is 22.4 Å². The van der Waals surface area contributed by atoms with Crippen LogP contribution in [0.5, 0.6) is 0 Å². The average molecular weight is 371 g/mol. The van der Waals surface area contributed by atoms with E-state index in [2.05, 4.69) is 15.6 Å². The maximum absolute atomic E-state index is 11.6. The Morgan fingerprint density at radius 1 is 1.46 bits per heavy atom. The van der Waals surface area contributed by atoms with E-state index in [9.17, 15) is 24.9 Å². The molecular weight excluding hydrogens is 346 g/mol. The van der Waals surface area contributed by atoms with Gasteiger partial charge in [0.2, 0.25) is 11.7 Å². The summed E-state index contributed by atoms with van der Waals surface area (Å²) >= 11 is 0. The summed E-state index contributed by atoms with van der Waals surface area (Å²) in [7, 11) is 0. The molecule has 0 bridgehead atoms. The Morgan fingerprint density at radius 2 is 2.15 bits per heavy atom. The molecule has 2 aliphatic heterocycles. The number of aliphatic carboxylic acids is 1. The van der Waals surface area contributed by atoms with E-state index >= 15 is 0 Å². The third-order valence-electron chi connectivity index (χ3n) is 4.45. The van der Waals surface area contributed by atoms with Gasteiger partial charge in [-0.15, -0.1) is 0 Å². The summed E-state index contributed by atoms with van der Waals surface area (Å²) in [5.41, 5.74) is 10.8. The molecular formula is C15H25N5O6. The van der Waals surface area contributed by atoms with E-state index in [1.165, 1.54) is 13.0 Å². The minimum Gasteiger partial charge on any atom is -0.478 e. The number of aliphatic hydroxyl groups excluding tert-OH is 2. The number of rotatable bonds is 5. The fraction of sp³-hybridized carbons (Fsp3) is 0.667. The van der Waals surface area contributed by atoms with Crippen molar-refractivity contribution in [3.8, 4) is 0 Å². The molecule has 2 heterocycles. The smallest absolute Gasteiger partial charge is 0.370 e. The number of amides is 1. The van der Waals surface area contributed by atoms with Crippen LogP contribution in [0.15, 0.2) is 16.8 Å². The highest BCUT2D eigenvalue weighted by Crippen LogP contribution is 2.28.